The van der Waals surface area contributed by atoms with Gasteiger partial charge in [-0.05, 0) is 6.07 Å². The molecule has 1 aliphatic rings. The smallest absolute Gasteiger partial charge is 0.406 e. The van der Waals surface area contributed by atoms with E-state index in [2.05, 4.69) is 0 Å². The molecule has 20 heavy (non-hydrogen) atoms. The molecule has 0 bridgehead atoms. The first kappa shape index (κ1) is 15.0. The molecule has 0 spiro atoms. The van der Waals surface area contributed by atoms with Crippen LogP contribution in [0.5, 0.6) is 5.75 Å². The Kier molecular flexibility index (Phi) is 4.42. The highest BCUT2D eigenvalue weighted by Crippen LogP contribution is 2.35. The molecule has 0 aromatic heterocycles. The normalized spacial score (nSPS) is 17.5. The topological polar surface area (TPSA) is 29.5 Å². The molecular formula is C13H13ClF3NO2. The molecule has 1 aromatic rings. The molecule has 0 aliphatic carbocycles. The standard InChI is InChI=1S/C13H13ClF3NO2/c14-5-6-18(8-13(15,16)17)12(19)10-7-20-11-4-2-1-3-9(10)11/h1-4,10H,5-8H2. The number of alkyl halides is 4. The first-order valence-electron chi connectivity index (χ1n) is 6.05. The fraction of sp³-hybridized carbons (Fsp3) is 0.462. The van der Waals surface area contributed by atoms with Crippen LogP contribution in [0.1, 0.15) is 11.5 Å². The summed E-state index contributed by atoms with van der Waals surface area (Å²) in [7, 11) is 0. The van der Waals surface area contributed by atoms with Crippen molar-refractivity contribution in [3.05, 3.63) is 29.8 Å². The van der Waals surface area contributed by atoms with E-state index in [0.717, 1.165) is 4.90 Å². The molecule has 1 atom stereocenters. The predicted octanol–water partition coefficient (Wildman–Crippen LogP) is 2.79. The van der Waals surface area contributed by atoms with Crippen LogP contribution in [0.4, 0.5) is 13.2 Å². The number of rotatable bonds is 4. The first-order valence-corrected chi connectivity index (χ1v) is 6.59. The van der Waals surface area contributed by atoms with Crippen molar-refractivity contribution in [2.24, 2.45) is 0 Å². The maximum atomic E-state index is 12.5. The van der Waals surface area contributed by atoms with Gasteiger partial charge >= 0.3 is 6.18 Å². The van der Waals surface area contributed by atoms with Gasteiger partial charge in [0.1, 0.15) is 24.8 Å². The van der Waals surface area contributed by atoms with Crippen LogP contribution >= 0.6 is 11.6 Å². The number of hydrogen-bond acceptors (Lipinski definition) is 2. The highest BCUT2D eigenvalue weighted by atomic mass is 35.5. The lowest BCUT2D eigenvalue weighted by atomic mass is 10.00. The van der Waals surface area contributed by atoms with E-state index in [1.54, 1.807) is 24.3 Å². The quantitative estimate of drug-likeness (QED) is 0.801. The van der Waals surface area contributed by atoms with Crippen LogP contribution in [0.2, 0.25) is 0 Å². The fourth-order valence-corrected chi connectivity index (χ4v) is 2.38. The number of amides is 1. The Morgan fingerprint density at radius 3 is 2.75 bits per heavy atom. The van der Waals surface area contributed by atoms with Crippen molar-refractivity contribution in [2.75, 3.05) is 25.6 Å². The molecule has 3 nitrogen and oxygen atoms in total. The lowest BCUT2D eigenvalue weighted by Crippen LogP contribution is -2.43. The Morgan fingerprint density at radius 2 is 2.10 bits per heavy atom. The van der Waals surface area contributed by atoms with Crippen LogP contribution in [0.15, 0.2) is 24.3 Å². The third-order valence-electron chi connectivity index (χ3n) is 3.03. The summed E-state index contributed by atoms with van der Waals surface area (Å²) in [6, 6.07) is 6.86. The lowest BCUT2D eigenvalue weighted by molar-refractivity contribution is -0.161. The average molecular weight is 308 g/mol. The van der Waals surface area contributed by atoms with Gasteiger partial charge < -0.3 is 9.64 Å². The van der Waals surface area contributed by atoms with Crippen molar-refractivity contribution >= 4 is 17.5 Å². The second-order valence-corrected chi connectivity index (χ2v) is 4.84. The average Bonchev–Trinajstić information content (AvgIpc) is 2.79. The van der Waals surface area contributed by atoms with E-state index in [1.165, 1.54) is 0 Å². The van der Waals surface area contributed by atoms with Crippen LogP contribution in [-0.2, 0) is 4.79 Å². The molecule has 0 N–H and O–H groups in total. The van der Waals surface area contributed by atoms with Gasteiger partial charge in [-0.25, -0.2) is 0 Å². The zero-order valence-corrected chi connectivity index (χ0v) is 11.2. The molecule has 0 saturated carbocycles. The van der Waals surface area contributed by atoms with Crippen LogP contribution in [0, 0.1) is 0 Å². The molecule has 0 saturated heterocycles. The molecule has 1 amide bonds. The highest BCUT2D eigenvalue weighted by Gasteiger charge is 2.38. The Bertz CT molecular complexity index is 493. The Morgan fingerprint density at radius 1 is 1.40 bits per heavy atom. The van der Waals surface area contributed by atoms with E-state index in [4.69, 9.17) is 16.3 Å². The SMILES string of the molecule is O=C(C1COc2ccccc21)N(CCCl)CC(F)(F)F. The minimum atomic E-state index is -4.44. The number of carbonyl (C=O) groups excluding carboxylic acids is 1. The third kappa shape index (κ3) is 3.36. The summed E-state index contributed by atoms with van der Waals surface area (Å²) in [6.45, 7) is -1.37. The number of carbonyl (C=O) groups is 1. The van der Waals surface area contributed by atoms with Crippen molar-refractivity contribution in [3.63, 3.8) is 0 Å². The van der Waals surface area contributed by atoms with Gasteiger partial charge in [-0.15, -0.1) is 11.6 Å². The Labute approximate surface area is 119 Å². The molecule has 1 unspecified atom stereocenters. The van der Waals surface area contributed by atoms with Gasteiger partial charge in [-0.2, -0.15) is 13.2 Å². The monoisotopic (exact) mass is 307 g/mol. The lowest BCUT2D eigenvalue weighted by Gasteiger charge is -2.25. The number of para-hydroxylation sites is 1. The largest absolute Gasteiger partial charge is 0.492 e. The molecule has 1 heterocycles. The molecule has 2 rings (SSSR count). The van der Waals surface area contributed by atoms with E-state index in [-0.39, 0.29) is 19.0 Å². The molecule has 1 aromatic carbocycles. The number of benzene rings is 1. The first-order chi connectivity index (χ1) is 9.42. The van der Waals surface area contributed by atoms with Crippen LogP contribution in [0.3, 0.4) is 0 Å². The van der Waals surface area contributed by atoms with E-state index in [0.29, 0.717) is 11.3 Å². The molecule has 0 fully saturated rings. The van der Waals surface area contributed by atoms with E-state index in [9.17, 15) is 18.0 Å². The number of nitrogens with zero attached hydrogens (tertiary/aromatic N) is 1. The van der Waals surface area contributed by atoms with E-state index >= 15 is 0 Å². The molecule has 0 radical (unpaired) electrons. The predicted molar refractivity (Wildman–Crippen MR) is 68.0 cm³/mol. The van der Waals surface area contributed by atoms with E-state index < -0.39 is 24.5 Å². The van der Waals surface area contributed by atoms with Crippen molar-refractivity contribution in [3.8, 4) is 5.75 Å². The van der Waals surface area contributed by atoms with Gasteiger partial charge in [0.15, 0.2) is 0 Å². The van der Waals surface area contributed by atoms with Crippen LogP contribution in [0.25, 0.3) is 0 Å². The number of fused-ring (bicyclic) bond motifs is 1. The fourth-order valence-electron chi connectivity index (χ4n) is 2.17. The van der Waals surface area contributed by atoms with Gasteiger partial charge in [0, 0.05) is 18.0 Å². The molecule has 110 valence electrons. The minimum Gasteiger partial charge on any atom is -0.492 e. The Balaban J connectivity index is 2.17. The second kappa shape index (κ2) is 5.91. The van der Waals surface area contributed by atoms with E-state index in [1.807, 2.05) is 0 Å². The summed E-state index contributed by atoms with van der Waals surface area (Å²) >= 11 is 5.48. The van der Waals surface area contributed by atoms with Crippen molar-refractivity contribution in [1.82, 2.24) is 4.90 Å². The summed E-state index contributed by atoms with van der Waals surface area (Å²) in [5.41, 5.74) is 0.624. The highest BCUT2D eigenvalue weighted by molar-refractivity contribution is 6.18. The van der Waals surface area contributed by atoms with Gasteiger partial charge in [-0.3, -0.25) is 4.79 Å². The van der Waals surface area contributed by atoms with Crippen LogP contribution in [-0.4, -0.2) is 42.6 Å². The van der Waals surface area contributed by atoms with Crippen molar-refractivity contribution < 1.29 is 22.7 Å². The maximum Gasteiger partial charge on any atom is 0.406 e. The minimum absolute atomic E-state index is 0.0446. The van der Waals surface area contributed by atoms with Crippen LogP contribution < -0.4 is 4.74 Å². The third-order valence-corrected chi connectivity index (χ3v) is 3.20. The van der Waals surface area contributed by atoms with Crippen molar-refractivity contribution in [1.29, 1.82) is 0 Å². The number of hydrogen-bond donors (Lipinski definition) is 0. The summed E-state index contributed by atoms with van der Waals surface area (Å²) in [6.07, 6.45) is -4.44. The maximum absolute atomic E-state index is 12.5. The van der Waals surface area contributed by atoms with Gasteiger partial charge in [-0.1, -0.05) is 18.2 Å². The van der Waals surface area contributed by atoms with Gasteiger partial charge in [0.2, 0.25) is 5.91 Å². The summed E-state index contributed by atoms with van der Waals surface area (Å²) < 4.78 is 42.8. The zero-order chi connectivity index (χ0) is 14.8. The Hall–Kier alpha value is -1.43. The number of halogens is 4. The van der Waals surface area contributed by atoms with Gasteiger partial charge in [0.25, 0.3) is 0 Å². The zero-order valence-electron chi connectivity index (χ0n) is 10.5. The molecular weight excluding hydrogens is 295 g/mol. The van der Waals surface area contributed by atoms with Gasteiger partial charge in [0.05, 0.1) is 0 Å². The summed E-state index contributed by atoms with van der Waals surface area (Å²) in [4.78, 5) is 13.0. The summed E-state index contributed by atoms with van der Waals surface area (Å²) in [5.74, 6) is -0.801. The summed E-state index contributed by atoms with van der Waals surface area (Å²) in [5, 5.41) is 0. The second-order valence-electron chi connectivity index (χ2n) is 4.47. The number of ether oxygens (including phenoxy) is 1. The molecule has 7 heteroatoms. The molecule has 1 aliphatic heterocycles. The van der Waals surface area contributed by atoms with Crippen molar-refractivity contribution in [2.45, 2.75) is 12.1 Å².